The first-order valence-electron chi connectivity index (χ1n) is 4.86. The smallest absolute Gasteiger partial charge is 0.219 e. The number of hydrogen-bond donors (Lipinski definition) is 1. The van der Waals surface area contributed by atoms with Crippen molar-refractivity contribution in [3.8, 4) is 11.1 Å². The fourth-order valence-electron chi connectivity index (χ4n) is 1.52. The molecule has 2 aromatic rings. The molecule has 0 saturated heterocycles. The first kappa shape index (κ1) is 10.3. The molecule has 4 nitrogen and oxygen atoms in total. The average molecular weight is 213 g/mol. The van der Waals surface area contributed by atoms with Gasteiger partial charge in [0.25, 0.3) is 0 Å². The summed E-state index contributed by atoms with van der Waals surface area (Å²) in [6, 6.07) is 7.36. The van der Waals surface area contributed by atoms with Gasteiger partial charge in [-0.15, -0.1) is 0 Å². The van der Waals surface area contributed by atoms with E-state index in [1.165, 1.54) is 6.92 Å². The van der Waals surface area contributed by atoms with Gasteiger partial charge in [-0.1, -0.05) is 24.3 Å². The Kier molecular flexibility index (Phi) is 2.64. The van der Waals surface area contributed by atoms with Crippen LogP contribution in [0.25, 0.3) is 11.1 Å². The van der Waals surface area contributed by atoms with Crippen molar-refractivity contribution in [2.75, 3.05) is 5.73 Å². The predicted octanol–water partition coefficient (Wildman–Crippen LogP) is 1.93. The van der Waals surface area contributed by atoms with Crippen molar-refractivity contribution in [2.45, 2.75) is 6.92 Å². The van der Waals surface area contributed by atoms with E-state index < -0.39 is 0 Å². The molecule has 0 fully saturated rings. The number of aromatic nitrogens is 2. The number of carbonyl (C=O) groups excluding carboxylic acids is 1. The molecule has 0 amide bonds. The van der Waals surface area contributed by atoms with E-state index in [9.17, 15) is 4.79 Å². The van der Waals surface area contributed by atoms with Gasteiger partial charge >= 0.3 is 0 Å². The van der Waals surface area contributed by atoms with E-state index >= 15 is 0 Å². The second-order valence-electron chi connectivity index (χ2n) is 3.43. The number of ketones is 1. The van der Waals surface area contributed by atoms with Crippen molar-refractivity contribution in [1.82, 2.24) is 9.97 Å². The first-order valence-corrected chi connectivity index (χ1v) is 4.86. The zero-order valence-corrected chi connectivity index (χ0v) is 8.84. The van der Waals surface area contributed by atoms with E-state index in [0.717, 1.165) is 11.1 Å². The molecule has 0 radical (unpaired) electrons. The molecule has 0 aliphatic rings. The number of anilines is 1. The highest BCUT2D eigenvalue weighted by Gasteiger charge is 2.08. The Morgan fingerprint density at radius 1 is 1.19 bits per heavy atom. The number of rotatable bonds is 2. The number of nitrogen functional groups attached to an aromatic ring is 1. The molecule has 0 unspecified atom stereocenters. The lowest BCUT2D eigenvalue weighted by molar-refractivity contribution is 0.101. The van der Waals surface area contributed by atoms with E-state index in [0.29, 0.717) is 5.56 Å². The van der Waals surface area contributed by atoms with Gasteiger partial charge < -0.3 is 5.73 Å². The molecule has 0 bridgehead atoms. The van der Waals surface area contributed by atoms with E-state index in [2.05, 4.69) is 9.97 Å². The van der Waals surface area contributed by atoms with Crippen LogP contribution in [0.15, 0.2) is 36.7 Å². The molecule has 4 heteroatoms. The number of nitrogens with zero attached hydrogens (tertiary/aromatic N) is 2. The molecule has 1 heterocycles. The summed E-state index contributed by atoms with van der Waals surface area (Å²) in [5.74, 6) is 0.247. The Morgan fingerprint density at radius 2 is 1.81 bits per heavy atom. The fraction of sp³-hybridized carbons (Fsp3) is 0.0833. The fourth-order valence-corrected chi connectivity index (χ4v) is 1.52. The molecule has 0 saturated carbocycles. The molecule has 0 atom stereocenters. The molecule has 16 heavy (non-hydrogen) atoms. The van der Waals surface area contributed by atoms with Crippen molar-refractivity contribution >= 4 is 11.7 Å². The van der Waals surface area contributed by atoms with Gasteiger partial charge in [-0.05, 0) is 12.5 Å². The van der Waals surface area contributed by atoms with Crippen molar-refractivity contribution in [3.05, 3.63) is 42.2 Å². The average Bonchev–Trinajstić information content (AvgIpc) is 2.30. The lowest BCUT2D eigenvalue weighted by Gasteiger charge is -2.05. The lowest BCUT2D eigenvalue weighted by Crippen LogP contribution is -1.98. The summed E-state index contributed by atoms with van der Waals surface area (Å²) in [4.78, 5) is 19.3. The monoisotopic (exact) mass is 213 g/mol. The third-order valence-corrected chi connectivity index (χ3v) is 2.29. The van der Waals surface area contributed by atoms with Crippen molar-refractivity contribution in [3.63, 3.8) is 0 Å². The minimum Gasteiger partial charge on any atom is -0.368 e. The minimum absolute atomic E-state index is 0.0208. The van der Waals surface area contributed by atoms with Crippen LogP contribution in [0, 0.1) is 0 Å². The quantitative estimate of drug-likeness (QED) is 0.774. The topological polar surface area (TPSA) is 68.9 Å². The SMILES string of the molecule is CC(=O)c1ccccc1-c1cnc(N)nc1. The second kappa shape index (κ2) is 4.10. The normalized spacial score (nSPS) is 10.1. The largest absolute Gasteiger partial charge is 0.368 e. The standard InChI is InChI=1S/C12H11N3O/c1-8(16)10-4-2-3-5-11(10)9-6-14-12(13)15-7-9/h2-7H,1H3,(H2,13,14,15). The maximum Gasteiger partial charge on any atom is 0.219 e. The summed E-state index contributed by atoms with van der Waals surface area (Å²) in [7, 11) is 0. The molecule has 0 aliphatic carbocycles. The number of carbonyl (C=O) groups is 1. The Bertz CT molecular complexity index is 520. The van der Waals surface area contributed by atoms with Gasteiger partial charge in [0.05, 0.1) is 0 Å². The van der Waals surface area contributed by atoms with E-state index in [1.807, 2.05) is 18.2 Å². The van der Waals surface area contributed by atoms with E-state index in [1.54, 1.807) is 18.5 Å². The zero-order valence-electron chi connectivity index (χ0n) is 8.84. The van der Waals surface area contributed by atoms with Crippen LogP contribution in [0.3, 0.4) is 0 Å². The summed E-state index contributed by atoms with van der Waals surface area (Å²) in [5, 5.41) is 0. The van der Waals surface area contributed by atoms with Crippen molar-refractivity contribution < 1.29 is 4.79 Å². The van der Waals surface area contributed by atoms with Gasteiger partial charge in [-0.2, -0.15) is 0 Å². The van der Waals surface area contributed by atoms with Crippen LogP contribution in [0.4, 0.5) is 5.95 Å². The first-order chi connectivity index (χ1) is 7.68. The van der Waals surface area contributed by atoms with Crippen LogP contribution in [-0.2, 0) is 0 Å². The number of Topliss-reactive ketones (excluding diaryl/α,β-unsaturated/α-hetero) is 1. The van der Waals surface area contributed by atoms with Crippen molar-refractivity contribution in [2.24, 2.45) is 0 Å². The summed E-state index contributed by atoms with van der Waals surface area (Å²) in [6.45, 7) is 1.54. The van der Waals surface area contributed by atoms with Crippen LogP contribution in [0.5, 0.6) is 0 Å². The van der Waals surface area contributed by atoms with Crippen LogP contribution >= 0.6 is 0 Å². The van der Waals surface area contributed by atoms with Crippen molar-refractivity contribution in [1.29, 1.82) is 0 Å². The Hall–Kier alpha value is -2.23. The van der Waals surface area contributed by atoms with Gasteiger partial charge in [0, 0.05) is 23.5 Å². The van der Waals surface area contributed by atoms with Gasteiger partial charge in [0.1, 0.15) is 0 Å². The number of benzene rings is 1. The van der Waals surface area contributed by atoms with Crippen LogP contribution in [0.2, 0.25) is 0 Å². The molecule has 0 spiro atoms. The summed E-state index contributed by atoms with van der Waals surface area (Å²) < 4.78 is 0. The molecular weight excluding hydrogens is 202 g/mol. The Labute approximate surface area is 93.2 Å². The summed E-state index contributed by atoms with van der Waals surface area (Å²) >= 11 is 0. The van der Waals surface area contributed by atoms with Crippen LogP contribution < -0.4 is 5.73 Å². The third-order valence-electron chi connectivity index (χ3n) is 2.29. The molecule has 0 aliphatic heterocycles. The van der Waals surface area contributed by atoms with E-state index in [4.69, 9.17) is 5.73 Å². The van der Waals surface area contributed by atoms with Crippen LogP contribution in [0.1, 0.15) is 17.3 Å². The molecule has 1 aromatic heterocycles. The zero-order chi connectivity index (χ0) is 11.5. The number of nitrogens with two attached hydrogens (primary N) is 1. The van der Waals surface area contributed by atoms with Gasteiger partial charge in [0.2, 0.25) is 5.95 Å². The van der Waals surface area contributed by atoms with Gasteiger partial charge in [-0.3, -0.25) is 4.79 Å². The highest BCUT2D eigenvalue weighted by atomic mass is 16.1. The molecule has 1 aromatic carbocycles. The highest BCUT2D eigenvalue weighted by Crippen LogP contribution is 2.22. The summed E-state index contributed by atoms with van der Waals surface area (Å²) in [6.07, 6.45) is 3.23. The maximum absolute atomic E-state index is 11.4. The Balaban J connectivity index is 2.55. The lowest BCUT2D eigenvalue weighted by atomic mass is 10.00. The minimum atomic E-state index is 0.0208. The maximum atomic E-state index is 11.4. The second-order valence-corrected chi connectivity index (χ2v) is 3.43. The van der Waals surface area contributed by atoms with E-state index in [-0.39, 0.29) is 11.7 Å². The summed E-state index contributed by atoms with van der Waals surface area (Å²) in [5.41, 5.74) is 7.70. The highest BCUT2D eigenvalue weighted by molar-refractivity contribution is 6.00. The molecule has 2 N–H and O–H groups in total. The molecule has 80 valence electrons. The molecule has 2 rings (SSSR count). The van der Waals surface area contributed by atoms with Gasteiger partial charge in [-0.25, -0.2) is 9.97 Å². The molecular formula is C12H11N3O. The third kappa shape index (κ3) is 1.91. The number of hydrogen-bond acceptors (Lipinski definition) is 4. The van der Waals surface area contributed by atoms with Crippen LogP contribution in [-0.4, -0.2) is 15.8 Å². The predicted molar refractivity (Wildman–Crippen MR) is 61.9 cm³/mol. The Morgan fingerprint density at radius 3 is 2.44 bits per heavy atom. The van der Waals surface area contributed by atoms with Gasteiger partial charge in [0.15, 0.2) is 5.78 Å².